The van der Waals surface area contributed by atoms with Gasteiger partial charge in [0.05, 0.1) is 94.4 Å². The number of amides is 4. The number of oxazole rings is 1. The molecule has 0 radical (unpaired) electrons. The maximum Gasteiger partial charge on any atom is 0.407 e. The highest BCUT2D eigenvalue weighted by Gasteiger charge is 2.53. The number of aliphatic hydroxyl groups is 3. The number of aromatic nitrogens is 12. The Morgan fingerprint density at radius 1 is 0.728 bits per heavy atom. The van der Waals surface area contributed by atoms with Crippen LogP contribution in [0.1, 0.15) is 166 Å². The average Bonchev–Trinajstić information content (AvgIpc) is 1.67. The molecule has 1 saturated carbocycles. The van der Waals surface area contributed by atoms with Gasteiger partial charge in [0.15, 0.2) is 17.0 Å². The third kappa shape index (κ3) is 28.3. The number of anilines is 4. The molecule has 1 aromatic carbocycles. The number of nitrogen functional groups attached to an aromatic ring is 2. The SMILES string of the molecule is CO[C@H]1C[C@@H]2CC[C@@H](C)[C@@](O)(O2)C(=O)C(=O)N2CCCC[C@H]2C(=O)O[C@H]([C@H](N)C[C@@H]2CC[C@H](n3cc(COC(=O)NCCOCCOCCOCCOCCC(=O)NCc4cnc(N5CCN(c6ncc(C(=O)NCCCCn7nc(-c8ccc9oc(N)nc9c8)c8c(N)ncnc87)cn6)CC5)nc4)nn3)[C@H](OC)C2)CC(=O)[C@H](C)/C=C(\C)[C@@H](O)[C@@H](O)C(=O)[C@H](C)C[C@H](C)/C=C/C=CC=C1C. The zero-order valence-corrected chi connectivity index (χ0v) is 78.7. The predicted octanol–water partition coefficient (Wildman–Crippen LogP) is 5.92. The number of hydrogen-bond acceptors (Lipinski definition) is 36. The molecule has 0 spiro atoms. The number of esters is 1. The van der Waals surface area contributed by atoms with Crippen molar-refractivity contribution in [2.45, 2.75) is 218 Å². The lowest BCUT2D eigenvalue weighted by molar-refractivity contribution is -0.265. The summed E-state index contributed by atoms with van der Waals surface area (Å²) in [5, 5.41) is 57.3. The van der Waals surface area contributed by atoms with E-state index in [1.807, 2.05) is 61.3 Å². The number of aryl methyl sites for hydroxylation is 1. The van der Waals surface area contributed by atoms with Crippen molar-refractivity contribution in [2.75, 3.05) is 134 Å². The zero-order chi connectivity index (χ0) is 97.0. The Labute approximate surface area is 789 Å². The third-order valence-electron chi connectivity index (χ3n) is 25.6. The third-order valence-corrected chi connectivity index (χ3v) is 25.6. The van der Waals surface area contributed by atoms with Crippen LogP contribution in [-0.4, -0.2) is 294 Å². The molecule has 5 aliphatic rings. The van der Waals surface area contributed by atoms with E-state index in [0.29, 0.717) is 187 Å². The van der Waals surface area contributed by atoms with E-state index in [0.717, 1.165) is 21.6 Å². The summed E-state index contributed by atoms with van der Waals surface area (Å²) in [6.07, 6.45) is 18.9. The van der Waals surface area contributed by atoms with E-state index < -0.39 is 114 Å². The number of piperazine rings is 1. The first kappa shape index (κ1) is 103. The van der Waals surface area contributed by atoms with Gasteiger partial charge in [-0.25, -0.2) is 48.9 Å². The van der Waals surface area contributed by atoms with Crippen molar-refractivity contribution >= 4 is 93.0 Å². The van der Waals surface area contributed by atoms with Crippen molar-refractivity contribution in [3.8, 4) is 11.3 Å². The summed E-state index contributed by atoms with van der Waals surface area (Å²) in [5.41, 5.74) is 24.8. The van der Waals surface area contributed by atoms with Crippen molar-refractivity contribution in [1.29, 1.82) is 0 Å². The Balaban J connectivity index is 0.496. The first-order chi connectivity index (χ1) is 65.6. The predicted molar refractivity (Wildman–Crippen MR) is 497 cm³/mol. The van der Waals surface area contributed by atoms with E-state index in [2.05, 4.69) is 66.1 Å². The summed E-state index contributed by atoms with van der Waals surface area (Å²) in [6.45, 7) is 16.1. The van der Waals surface area contributed by atoms with Gasteiger partial charge >= 0.3 is 12.1 Å². The number of ketones is 3. The second-order valence-corrected chi connectivity index (χ2v) is 35.6. The van der Waals surface area contributed by atoms with Crippen LogP contribution in [0.15, 0.2) is 108 Å². The van der Waals surface area contributed by atoms with Gasteiger partial charge < -0.3 is 110 Å². The molecule has 10 heterocycles. The number of ether oxygens (including phenoxy) is 9. The van der Waals surface area contributed by atoms with Crippen molar-refractivity contribution < 1.29 is 101 Å². The van der Waals surface area contributed by atoms with E-state index in [1.54, 1.807) is 69.0 Å². The monoisotopic (exact) mass is 1890 g/mol. The number of piperidine rings is 1. The topological polar surface area (TPSA) is 556 Å². The number of alkyl carbamates (subject to hydrolysis) is 1. The molecule has 136 heavy (non-hydrogen) atoms. The smallest absolute Gasteiger partial charge is 0.407 e. The molecular formula is C94H131N21O21. The molecule has 3 saturated heterocycles. The summed E-state index contributed by atoms with van der Waals surface area (Å²) in [4.78, 5) is 146. The normalized spacial score (nSPS) is 25.5. The average molecular weight is 1890 g/mol. The van der Waals surface area contributed by atoms with Crippen LogP contribution in [0.5, 0.6) is 0 Å². The summed E-state index contributed by atoms with van der Waals surface area (Å²) in [7, 11) is 3.13. The van der Waals surface area contributed by atoms with Gasteiger partial charge in [-0.1, -0.05) is 69.4 Å². The standard InChI is InChI=1S/C94H131N21O21/c1-57-16-10-9-11-17-58(2)75(127-7)47-68-22-19-62(6)94(126,136-68)84(121)88(123)113-28-14-12-18-72(113)89(124)134-76(48-73(116)59(3)43-61(5)82(119)83(120)81(118)60(4)42-57)69(95)44-63-20-23-71(77(45-63)128-8)115-54-67(108-110-115)55-133-93(125)99-27-35-130-37-39-132-41-40-131-38-36-129-34-25-78(117)100-49-64-50-101-91(102-51-64)111-30-32-112(33-31-111)92-103-52-66(53-104-92)87(122)98-26-13-15-29-114-86-79(85(96)105-56-106-86)80(109-114)65-21-24-74-70(46-65)107-90(97)135-74/h9-11,16-17,21,24,43,46,50-54,56-57,59-60,62-63,68-69,71-72,75-77,82-83,119-120,126H,12-15,18-20,22-23,25-42,44-45,47-49,55,95H2,1-8H3,(H2,97,107)(H,98,122)(H,99,125)(H,100,117)(H2,96,105,106)/b11-9?,16-10+,58-17?,61-43+/t57-,59-,60-,62-,63+,68+,69-,71+,72+,75+,76+,77-,82-,83+,94-/m1/s1. The Hall–Kier alpha value is -11.6. The van der Waals surface area contributed by atoms with Gasteiger partial charge in [0, 0.05) is 152 Å². The molecule has 42 heteroatoms. The summed E-state index contributed by atoms with van der Waals surface area (Å²) in [5.74, 6) is -8.35. The second kappa shape index (κ2) is 50.5. The van der Waals surface area contributed by atoms with Crippen molar-refractivity contribution in [1.82, 2.24) is 80.5 Å². The molecule has 6 aromatic heterocycles. The van der Waals surface area contributed by atoms with E-state index in [4.69, 9.17) is 69.3 Å². The lowest BCUT2D eigenvalue weighted by atomic mass is 9.79. The number of cyclic esters (lactones) is 1. The van der Waals surface area contributed by atoms with Gasteiger partial charge in [-0.05, 0) is 132 Å². The number of benzene rings is 1. The zero-order valence-electron chi connectivity index (χ0n) is 78.7. The lowest BCUT2D eigenvalue weighted by Crippen LogP contribution is -2.61. The Bertz CT molecular complexity index is 5270. The number of aliphatic hydroxyl groups excluding tert-OH is 2. The van der Waals surface area contributed by atoms with E-state index in [1.165, 1.54) is 31.7 Å². The Morgan fingerprint density at radius 3 is 2.15 bits per heavy atom. The van der Waals surface area contributed by atoms with Crippen LogP contribution in [0.2, 0.25) is 0 Å². The fourth-order valence-corrected chi connectivity index (χ4v) is 17.6. The van der Waals surface area contributed by atoms with Crippen LogP contribution in [0.4, 0.5) is 28.5 Å². The molecule has 12 rings (SSSR count). The largest absolute Gasteiger partial charge is 0.459 e. The van der Waals surface area contributed by atoms with Crippen molar-refractivity contribution in [3.63, 3.8) is 0 Å². The Morgan fingerprint density at radius 2 is 1.43 bits per heavy atom. The van der Waals surface area contributed by atoms with Crippen molar-refractivity contribution in [3.05, 3.63) is 120 Å². The number of unbranched alkanes of at least 4 members (excludes halogenated alkanes) is 1. The first-order valence-electron chi connectivity index (χ1n) is 46.9. The van der Waals surface area contributed by atoms with Gasteiger partial charge in [0.1, 0.15) is 65.8 Å². The number of nitrogens with two attached hydrogens (primary N) is 3. The van der Waals surface area contributed by atoms with Crippen LogP contribution in [0.3, 0.4) is 0 Å². The quantitative estimate of drug-likeness (QED) is 0.00978. The minimum Gasteiger partial charge on any atom is -0.459 e. The minimum absolute atomic E-state index is 0.00347. The van der Waals surface area contributed by atoms with Crippen molar-refractivity contribution in [2.24, 2.45) is 35.3 Å². The molecule has 42 nitrogen and oxygen atoms in total. The van der Waals surface area contributed by atoms with Crippen LogP contribution < -0.4 is 43.0 Å². The molecule has 2 bridgehead atoms. The number of methoxy groups -OCH3 is 2. The number of hydrogen-bond donors (Lipinski definition) is 9. The highest BCUT2D eigenvalue weighted by Crippen LogP contribution is 2.40. The number of nitrogens with one attached hydrogen (secondary N) is 3. The minimum atomic E-state index is -2.52. The molecule has 4 fully saturated rings. The molecule has 4 aliphatic heterocycles. The van der Waals surface area contributed by atoms with E-state index >= 15 is 0 Å². The lowest BCUT2D eigenvalue weighted by Gasteiger charge is -2.42. The van der Waals surface area contributed by atoms with E-state index in [9.17, 15) is 53.7 Å². The number of carbonyl (C=O) groups excluding carboxylic acids is 8. The van der Waals surface area contributed by atoms with Crippen LogP contribution in [0, 0.1) is 29.6 Å². The second-order valence-electron chi connectivity index (χ2n) is 35.6. The van der Waals surface area contributed by atoms with E-state index in [-0.39, 0.29) is 120 Å². The van der Waals surface area contributed by atoms with Gasteiger partial charge in [-0.2, -0.15) is 10.1 Å². The number of rotatable bonds is 34. The Kier molecular flexibility index (Phi) is 38.4. The molecule has 15 atom stereocenters. The molecular weight excluding hydrogens is 1760 g/mol. The molecule has 738 valence electrons. The van der Waals surface area contributed by atoms with Crippen LogP contribution in [0.25, 0.3) is 33.4 Å². The maximum atomic E-state index is 14.7. The molecule has 1 aliphatic carbocycles. The van der Waals surface area contributed by atoms with Crippen LogP contribution in [-0.2, 0) is 91.1 Å². The molecule has 4 amide bonds. The fourth-order valence-electron chi connectivity index (χ4n) is 17.6. The van der Waals surface area contributed by atoms with Gasteiger partial charge in [0.2, 0.25) is 23.6 Å². The number of nitrogens with zero attached hydrogens (tertiary/aromatic N) is 15. The first-order valence-corrected chi connectivity index (χ1v) is 46.9. The van der Waals surface area contributed by atoms with Crippen LogP contribution >= 0.6 is 0 Å². The number of allylic oxidation sites excluding steroid dienone is 6. The summed E-state index contributed by atoms with van der Waals surface area (Å²) >= 11 is 0. The van der Waals surface area contributed by atoms with Gasteiger partial charge in [-0.3, -0.25) is 28.8 Å². The highest BCUT2D eigenvalue weighted by atomic mass is 16.6. The number of Topliss-reactive ketones (excluding diaryl/α,β-unsaturated/α-hetero) is 3. The maximum absolute atomic E-state index is 14.7. The summed E-state index contributed by atoms with van der Waals surface area (Å²) in [6, 6.07) is 3.01. The number of carbonyl (C=O) groups is 8. The molecule has 12 N–H and O–H groups in total. The number of fused-ring (bicyclic) bond motifs is 5. The fraction of sp³-hybridized carbons (Fsp3) is 0.596. The highest BCUT2D eigenvalue weighted by molar-refractivity contribution is 6.39. The van der Waals surface area contributed by atoms with Gasteiger partial charge in [0.25, 0.3) is 23.6 Å². The molecule has 7 aromatic rings. The molecule has 0 unspecified atom stereocenters. The summed E-state index contributed by atoms with van der Waals surface area (Å²) < 4.78 is 61.1. The van der Waals surface area contributed by atoms with Gasteiger partial charge in [-0.15, -0.1) is 5.10 Å².